The third-order valence-electron chi connectivity index (χ3n) is 3.70. The van der Waals surface area contributed by atoms with Crippen molar-refractivity contribution in [2.75, 3.05) is 13.7 Å². The highest BCUT2D eigenvalue weighted by atomic mass is 35.5. The number of hydrogen-bond donors (Lipinski definition) is 0. The zero-order valence-electron chi connectivity index (χ0n) is 11.3. The maximum absolute atomic E-state index is 6.11. The predicted molar refractivity (Wildman–Crippen MR) is 80.3 cm³/mol. The number of benzene rings is 1. The summed E-state index contributed by atoms with van der Waals surface area (Å²) in [6, 6.07) is 8.70. The summed E-state index contributed by atoms with van der Waals surface area (Å²) < 4.78 is 9.91. The van der Waals surface area contributed by atoms with Gasteiger partial charge in [-0.25, -0.2) is 0 Å². The van der Waals surface area contributed by atoms with E-state index in [9.17, 15) is 0 Å². The van der Waals surface area contributed by atoms with E-state index >= 15 is 0 Å². The maximum atomic E-state index is 6.11. The van der Waals surface area contributed by atoms with Gasteiger partial charge in [0.25, 0.3) is 0 Å². The minimum absolute atomic E-state index is 0.405. The highest BCUT2D eigenvalue weighted by Crippen LogP contribution is 2.35. The minimum atomic E-state index is 0.405. The minimum Gasteiger partial charge on any atom is -0.497 e. The third-order valence-corrected chi connectivity index (χ3v) is 4.69. The molecular formula is C14H16ClN3OS. The van der Waals surface area contributed by atoms with Crippen LogP contribution in [-0.4, -0.2) is 28.1 Å². The van der Waals surface area contributed by atoms with Crippen LogP contribution in [0.2, 0.25) is 4.34 Å². The standard InChI is InChI=1S/C14H16ClN3OS/c1-19-11-5-2-4-10(8-11)13-6-3-7-18(13)9-12-14(15)20-17-16-12/h2,4-5,8,13H,3,6-7,9H2,1H3/t13-/m1/s1. The SMILES string of the molecule is COc1cccc([C@H]2CCCN2Cc2nnsc2Cl)c1. The van der Waals surface area contributed by atoms with Gasteiger partial charge < -0.3 is 4.74 Å². The molecule has 3 rings (SSSR count). The predicted octanol–water partition coefficient (Wildman–Crippen LogP) is 3.54. The van der Waals surface area contributed by atoms with Crippen LogP contribution in [0, 0.1) is 0 Å². The van der Waals surface area contributed by atoms with Crippen LogP contribution in [-0.2, 0) is 6.54 Å². The van der Waals surface area contributed by atoms with Crippen molar-refractivity contribution < 1.29 is 4.74 Å². The zero-order valence-corrected chi connectivity index (χ0v) is 12.8. The summed E-state index contributed by atoms with van der Waals surface area (Å²) in [7, 11) is 1.70. The lowest BCUT2D eigenvalue weighted by molar-refractivity contribution is 0.245. The van der Waals surface area contributed by atoms with Crippen LogP contribution < -0.4 is 4.74 Å². The van der Waals surface area contributed by atoms with Gasteiger partial charge in [-0.3, -0.25) is 4.90 Å². The Morgan fingerprint density at radius 3 is 3.15 bits per heavy atom. The van der Waals surface area contributed by atoms with Crippen LogP contribution in [0.15, 0.2) is 24.3 Å². The molecule has 106 valence electrons. The quantitative estimate of drug-likeness (QED) is 0.866. The first-order valence-electron chi connectivity index (χ1n) is 6.62. The molecule has 2 aromatic rings. The number of rotatable bonds is 4. The van der Waals surface area contributed by atoms with E-state index in [-0.39, 0.29) is 0 Å². The van der Waals surface area contributed by atoms with E-state index in [4.69, 9.17) is 16.3 Å². The smallest absolute Gasteiger partial charge is 0.138 e. The average molecular weight is 310 g/mol. The lowest BCUT2D eigenvalue weighted by Gasteiger charge is -2.24. The molecule has 1 aromatic carbocycles. The van der Waals surface area contributed by atoms with Crippen LogP contribution in [0.25, 0.3) is 0 Å². The number of hydrogen-bond acceptors (Lipinski definition) is 5. The van der Waals surface area contributed by atoms with E-state index in [0.717, 1.165) is 31.0 Å². The van der Waals surface area contributed by atoms with Crippen molar-refractivity contribution in [1.82, 2.24) is 14.5 Å². The van der Waals surface area contributed by atoms with Crippen molar-refractivity contribution in [3.05, 3.63) is 39.9 Å². The van der Waals surface area contributed by atoms with E-state index in [2.05, 4.69) is 26.6 Å². The molecule has 20 heavy (non-hydrogen) atoms. The van der Waals surface area contributed by atoms with Crippen molar-refractivity contribution in [2.45, 2.75) is 25.4 Å². The lowest BCUT2D eigenvalue weighted by atomic mass is 10.0. The summed E-state index contributed by atoms with van der Waals surface area (Å²) in [5.41, 5.74) is 2.17. The van der Waals surface area contributed by atoms with Gasteiger partial charge in [-0.15, -0.1) is 5.10 Å². The molecule has 0 unspecified atom stereocenters. The van der Waals surface area contributed by atoms with Crippen LogP contribution >= 0.6 is 23.1 Å². The van der Waals surface area contributed by atoms with E-state index in [1.165, 1.54) is 23.5 Å². The molecule has 0 amide bonds. The van der Waals surface area contributed by atoms with Gasteiger partial charge >= 0.3 is 0 Å². The van der Waals surface area contributed by atoms with Crippen LogP contribution in [0.1, 0.15) is 30.1 Å². The molecule has 0 aliphatic carbocycles. The molecule has 0 radical (unpaired) electrons. The normalized spacial score (nSPS) is 19.4. The van der Waals surface area contributed by atoms with Crippen LogP contribution in [0.4, 0.5) is 0 Å². The summed E-state index contributed by atoms with van der Waals surface area (Å²) >= 11 is 7.36. The second-order valence-electron chi connectivity index (χ2n) is 4.90. The number of methoxy groups -OCH3 is 1. The van der Waals surface area contributed by atoms with E-state index < -0.39 is 0 Å². The molecule has 0 saturated carbocycles. The zero-order chi connectivity index (χ0) is 13.9. The molecule has 2 heterocycles. The summed E-state index contributed by atoms with van der Waals surface area (Å²) in [4.78, 5) is 2.41. The van der Waals surface area contributed by atoms with E-state index in [1.54, 1.807) is 7.11 Å². The summed E-state index contributed by atoms with van der Waals surface area (Å²) in [6.45, 7) is 1.83. The lowest BCUT2D eigenvalue weighted by Crippen LogP contribution is -2.23. The largest absolute Gasteiger partial charge is 0.497 e. The second-order valence-corrected chi connectivity index (χ2v) is 6.25. The molecule has 4 nitrogen and oxygen atoms in total. The van der Waals surface area contributed by atoms with Crippen molar-refractivity contribution in [1.29, 1.82) is 0 Å². The third kappa shape index (κ3) is 2.80. The highest BCUT2D eigenvalue weighted by molar-refractivity contribution is 7.10. The van der Waals surface area contributed by atoms with Gasteiger partial charge in [0, 0.05) is 24.1 Å². The fourth-order valence-electron chi connectivity index (χ4n) is 2.73. The fourth-order valence-corrected chi connectivity index (χ4v) is 3.34. The number of aromatic nitrogens is 2. The monoisotopic (exact) mass is 309 g/mol. The first kappa shape index (κ1) is 13.8. The first-order chi connectivity index (χ1) is 9.78. The van der Waals surface area contributed by atoms with Gasteiger partial charge in [-0.2, -0.15) is 0 Å². The molecule has 0 N–H and O–H groups in total. The Hall–Kier alpha value is -1.17. The van der Waals surface area contributed by atoms with Gasteiger partial charge in [-0.1, -0.05) is 28.2 Å². The maximum Gasteiger partial charge on any atom is 0.138 e. The van der Waals surface area contributed by atoms with Crippen molar-refractivity contribution in [3.63, 3.8) is 0 Å². The Morgan fingerprint density at radius 2 is 2.40 bits per heavy atom. The number of nitrogens with zero attached hydrogens (tertiary/aromatic N) is 3. The highest BCUT2D eigenvalue weighted by Gasteiger charge is 2.27. The molecule has 1 fully saturated rings. The topological polar surface area (TPSA) is 38.2 Å². The fraction of sp³-hybridized carbons (Fsp3) is 0.429. The first-order valence-corrected chi connectivity index (χ1v) is 7.78. The van der Waals surface area contributed by atoms with Crippen molar-refractivity contribution in [3.8, 4) is 5.75 Å². The Labute approximate surface area is 127 Å². The van der Waals surface area contributed by atoms with Gasteiger partial charge in [0.2, 0.25) is 0 Å². The van der Waals surface area contributed by atoms with Gasteiger partial charge in [0.05, 0.1) is 7.11 Å². The molecule has 0 bridgehead atoms. The molecule has 1 aliphatic rings. The van der Waals surface area contributed by atoms with Gasteiger partial charge in [0.1, 0.15) is 15.8 Å². The Bertz CT molecular complexity index is 589. The Balaban J connectivity index is 1.79. The molecule has 1 atom stereocenters. The Kier molecular flexibility index (Phi) is 4.19. The molecular weight excluding hydrogens is 294 g/mol. The van der Waals surface area contributed by atoms with E-state index in [1.807, 2.05) is 12.1 Å². The van der Waals surface area contributed by atoms with Crippen LogP contribution in [0.5, 0.6) is 5.75 Å². The van der Waals surface area contributed by atoms with Crippen LogP contribution in [0.3, 0.4) is 0 Å². The van der Waals surface area contributed by atoms with Crippen molar-refractivity contribution in [2.24, 2.45) is 0 Å². The second kappa shape index (κ2) is 6.08. The molecule has 1 saturated heterocycles. The molecule has 1 aliphatic heterocycles. The molecule has 1 aromatic heterocycles. The summed E-state index contributed by atoms with van der Waals surface area (Å²) in [5, 5.41) is 4.11. The number of ether oxygens (including phenoxy) is 1. The van der Waals surface area contributed by atoms with Crippen molar-refractivity contribution >= 4 is 23.1 Å². The average Bonchev–Trinajstić information content (AvgIpc) is 3.09. The summed E-state index contributed by atoms with van der Waals surface area (Å²) in [5.74, 6) is 0.905. The molecule has 0 spiro atoms. The van der Waals surface area contributed by atoms with Gasteiger partial charge in [-0.05, 0) is 37.1 Å². The summed E-state index contributed by atoms with van der Waals surface area (Å²) in [6.07, 6.45) is 2.35. The number of halogens is 1. The molecule has 6 heteroatoms. The number of likely N-dealkylation sites (tertiary alicyclic amines) is 1. The van der Waals surface area contributed by atoms with Gasteiger partial charge in [0.15, 0.2) is 0 Å². The van der Waals surface area contributed by atoms with E-state index in [0.29, 0.717) is 10.4 Å². The Morgan fingerprint density at radius 1 is 1.50 bits per heavy atom.